The van der Waals surface area contributed by atoms with Gasteiger partial charge in [-0.25, -0.2) is 0 Å². The molecule has 2 N–H and O–H groups in total. The number of hydrogen-bond acceptors (Lipinski definition) is 3. The van der Waals surface area contributed by atoms with Crippen LogP contribution in [0.4, 0.5) is 0 Å². The van der Waals surface area contributed by atoms with E-state index in [0.29, 0.717) is 16.6 Å². The van der Waals surface area contributed by atoms with E-state index in [4.69, 9.17) is 28.9 Å². The Labute approximate surface area is 141 Å². The molecule has 108 valence electrons. The zero-order valence-electron chi connectivity index (χ0n) is 10.9. The van der Waals surface area contributed by atoms with Gasteiger partial charge in [-0.15, -0.1) is 11.3 Å². The quantitative estimate of drug-likeness (QED) is 0.778. The molecule has 0 radical (unpaired) electrons. The molecule has 20 heavy (non-hydrogen) atoms. The van der Waals surface area contributed by atoms with Crippen molar-refractivity contribution >= 4 is 50.5 Å². The SMILES string of the molecule is CN(Cc1cc(Br)cs1)C(CN)c1cc(Cl)ccc1Cl. The normalized spacial score (nSPS) is 12.9. The number of nitrogens with zero attached hydrogens (tertiary/aromatic N) is 1. The Hall–Kier alpha value is -0.100. The summed E-state index contributed by atoms with van der Waals surface area (Å²) in [5, 5.41) is 3.45. The molecule has 2 aromatic rings. The van der Waals surface area contributed by atoms with Crippen molar-refractivity contribution in [2.45, 2.75) is 12.6 Å². The van der Waals surface area contributed by atoms with Crippen LogP contribution in [0.15, 0.2) is 34.1 Å². The number of benzene rings is 1. The van der Waals surface area contributed by atoms with Crippen LogP contribution >= 0.6 is 50.5 Å². The van der Waals surface area contributed by atoms with Gasteiger partial charge in [0.25, 0.3) is 0 Å². The average molecular weight is 394 g/mol. The molecular formula is C14H15BrCl2N2S. The van der Waals surface area contributed by atoms with E-state index in [1.165, 1.54) is 4.88 Å². The molecule has 0 amide bonds. The highest BCUT2D eigenvalue weighted by molar-refractivity contribution is 9.10. The molecule has 1 atom stereocenters. The van der Waals surface area contributed by atoms with E-state index in [1.807, 2.05) is 19.2 Å². The summed E-state index contributed by atoms with van der Waals surface area (Å²) in [4.78, 5) is 3.46. The van der Waals surface area contributed by atoms with Crippen LogP contribution in [0.1, 0.15) is 16.5 Å². The number of halogens is 3. The van der Waals surface area contributed by atoms with Gasteiger partial charge in [-0.05, 0) is 52.8 Å². The lowest BCUT2D eigenvalue weighted by atomic mass is 10.1. The molecule has 0 spiro atoms. The molecule has 2 nitrogen and oxygen atoms in total. The second-order valence-electron chi connectivity index (χ2n) is 4.56. The zero-order chi connectivity index (χ0) is 14.7. The van der Waals surface area contributed by atoms with Gasteiger partial charge in [0.15, 0.2) is 0 Å². The van der Waals surface area contributed by atoms with Crippen molar-refractivity contribution in [1.29, 1.82) is 0 Å². The fourth-order valence-electron chi connectivity index (χ4n) is 2.11. The van der Waals surface area contributed by atoms with Crippen LogP contribution in [0.3, 0.4) is 0 Å². The van der Waals surface area contributed by atoms with Gasteiger partial charge in [0, 0.05) is 43.9 Å². The second-order valence-corrected chi connectivity index (χ2v) is 7.32. The Morgan fingerprint density at radius 2 is 2.10 bits per heavy atom. The number of nitrogens with two attached hydrogens (primary N) is 1. The third-order valence-electron chi connectivity index (χ3n) is 3.10. The van der Waals surface area contributed by atoms with Gasteiger partial charge in [0.2, 0.25) is 0 Å². The fourth-order valence-corrected chi connectivity index (χ4v) is 4.04. The van der Waals surface area contributed by atoms with Crippen molar-refractivity contribution in [2.75, 3.05) is 13.6 Å². The number of likely N-dealkylation sites (N-methyl/N-ethyl adjacent to an activating group) is 1. The molecule has 1 unspecified atom stereocenters. The summed E-state index contributed by atoms with van der Waals surface area (Å²) in [5.74, 6) is 0. The minimum absolute atomic E-state index is 0.0436. The van der Waals surface area contributed by atoms with Gasteiger partial charge in [-0.2, -0.15) is 0 Å². The van der Waals surface area contributed by atoms with Crippen LogP contribution in [0.2, 0.25) is 10.0 Å². The summed E-state index contributed by atoms with van der Waals surface area (Å²) in [6, 6.07) is 7.66. The van der Waals surface area contributed by atoms with Crippen LogP contribution in [-0.4, -0.2) is 18.5 Å². The molecule has 0 aliphatic carbocycles. The van der Waals surface area contributed by atoms with Crippen molar-refractivity contribution in [1.82, 2.24) is 4.90 Å². The zero-order valence-corrected chi connectivity index (χ0v) is 14.9. The first-order valence-corrected chi connectivity index (χ1v) is 8.52. The first kappa shape index (κ1) is 16.3. The minimum atomic E-state index is 0.0436. The van der Waals surface area contributed by atoms with Gasteiger partial charge in [-0.1, -0.05) is 23.2 Å². The molecule has 0 saturated heterocycles. The van der Waals surface area contributed by atoms with Crippen LogP contribution in [0.25, 0.3) is 0 Å². The predicted molar refractivity (Wildman–Crippen MR) is 91.7 cm³/mol. The Bertz CT molecular complexity index is 588. The van der Waals surface area contributed by atoms with Crippen molar-refractivity contribution in [3.05, 3.63) is 54.6 Å². The smallest absolute Gasteiger partial charge is 0.0486 e. The van der Waals surface area contributed by atoms with Gasteiger partial charge in [0.05, 0.1) is 0 Å². The van der Waals surface area contributed by atoms with Gasteiger partial charge in [0.1, 0.15) is 0 Å². The largest absolute Gasteiger partial charge is 0.329 e. The predicted octanol–water partition coefficient (Wildman–Crippen LogP) is 4.95. The molecular weight excluding hydrogens is 379 g/mol. The molecule has 2 rings (SSSR count). The second kappa shape index (κ2) is 7.25. The van der Waals surface area contributed by atoms with E-state index in [2.05, 4.69) is 32.3 Å². The minimum Gasteiger partial charge on any atom is -0.329 e. The maximum absolute atomic E-state index is 6.28. The van der Waals surface area contributed by atoms with Crippen molar-refractivity contribution in [2.24, 2.45) is 5.73 Å². The summed E-state index contributed by atoms with van der Waals surface area (Å²) < 4.78 is 1.11. The monoisotopic (exact) mass is 392 g/mol. The topological polar surface area (TPSA) is 29.3 Å². The van der Waals surface area contributed by atoms with Crippen molar-refractivity contribution in [3.63, 3.8) is 0 Å². The lowest BCUT2D eigenvalue weighted by Crippen LogP contribution is -2.30. The number of rotatable bonds is 5. The van der Waals surface area contributed by atoms with E-state index in [9.17, 15) is 0 Å². The number of hydrogen-bond donors (Lipinski definition) is 1. The van der Waals surface area contributed by atoms with Crippen LogP contribution in [0, 0.1) is 0 Å². The average Bonchev–Trinajstić information content (AvgIpc) is 2.80. The summed E-state index contributed by atoms with van der Waals surface area (Å²) >= 11 is 17.5. The lowest BCUT2D eigenvalue weighted by molar-refractivity contribution is 0.244. The summed E-state index contributed by atoms with van der Waals surface area (Å²) in [5.41, 5.74) is 6.91. The Balaban J connectivity index is 2.20. The van der Waals surface area contributed by atoms with Crippen LogP contribution < -0.4 is 5.73 Å². The summed E-state index contributed by atoms with van der Waals surface area (Å²) in [6.45, 7) is 1.31. The van der Waals surface area contributed by atoms with Gasteiger partial charge < -0.3 is 5.73 Å². The van der Waals surface area contributed by atoms with Crippen molar-refractivity contribution in [3.8, 4) is 0 Å². The van der Waals surface area contributed by atoms with Crippen LogP contribution in [-0.2, 0) is 6.54 Å². The Kier molecular flexibility index (Phi) is 5.90. The maximum Gasteiger partial charge on any atom is 0.0486 e. The summed E-state index contributed by atoms with van der Waals surface area (Å²) in [6.07, 6.45) is 0. The third-order valence-corrected chi connectivity index (χ3v) is 5.36. The van der Waals surface area contributed by atoms with E-state index >= 15 is 0 Å². The molecule has 1 aromatic carbocycles. The Morgan fingerprint density at radius 3 is 2.70 bits per heavy atom. The highest BCUT2D eigenvalue weighted by Gasteiger charge is 2.19. The Morgan fingerprint density at radius 1 is 1.35 bits per heavy atom. The van der Waals surface area contributed by atoms with E-state index in [1.54, 1.807) is 17.4 Å². The van der Waals surface area contributed by atoms with E-state index in [-0.39, 0.29) is 6.04 Å². The number of thiophene rings is 1. The third kappa shape index (κ3) is 3.97. The first-order valence-electron chi connectivity index (χ1n) is 6.09. The molecule has 1 aromatic heterocycles. The van der Waals surface area contributed by atoms with E-state index < -0.39 is 0 Å². The maximum atomic E-state index is 6.28. The molecule has 0 aliphatic heterocycles. The molecule has 1 heterocycles. The molecule has 0 aliphatic rings. The fraction of sp³-hybridized carbons (Fsp3) is 0.286. The highest BCUT2D eigenvalue weighted by atomic mass is 79.9. The molecule has 0 bridgehead atoms. The standard InChI is InChI=1S/C14H15BrCl2N2S/c1-19(7-11-4-9(15)8-20-11)14(6-18)12-5-10(16)2-3-13(12)17/h2-5,8,14H,6-7,18H2,1H3. The first-order chi connectivity index (χ1) is 9.51. The lowest BCUT2D eigenvalue weighted by Gasteiger charge is -2.27. The van der Waals surface area contributed by atoms with Gasteiger partial charge >= 0.3 is 0 Å². The van der Waals surface area contributed by atoms with E-state index in [0.717, 1.165) is 16.6 Å². The van der Waals surface area contributed by atoms with Crippen LogP contribution in [0.5, 0.6) is 0 Å². The molecule has 6 heteroatoms. The molecule has 0 fully saturated rings. The summed E-state index contributed by atoms with van der Waals surface area (Å²) in [7, 11) is 2.04. The van der Waals surface area contributed by atoms with Gasteiger partial charge in [-0.3, -0.25) is 4.90 Å². The highest BCUT2D eigenvalue weighted by Crippen LogP contribution is 2.30. The molecule has 0 saturated carbocycles. The van der Waals surface area contributed by atoms with Crippen molar-refractivity contribution < 1.29 is 0 Å².